The largest absolute Gasteiger partial charge is 0.309 e. The lowest BCUT2D eigenvalue weighted by molar-refractivity contribution is 0.0974. The molecule has 0 saturated heterocycles. The lowest BCUT2D eigenvalue weighted by Crippen LogP contribution is -2.16. The first-order valence-corrected chi connectivity index (χ1v) is 5.69. The van der Waals surface area contributed by atoms with Crippen molar-refractivity contribution in [3.05, 3.63) is 42.2 Å². The van der Waals surface area contributed by atoms with E-state index in [0.29, 0.717) is 6.42 Å². The average Bonchev–Trinajstić information content (AvgIpc) is 2.35. The van der Waals surface area contributed by atoms with Crippen LogP contribution in [0.3, 0.4) is 0 Å². The molecule has 3 heteroatoms. The fraction of sp³-hybridized carbons (Fsp3) is 0.286. The van der Waals surface area contributed by atoms with Gasteiger partial charge in [-0.05, 0) is 25.5 Å². The molecule has 1 heterocycles. The van der Waals surface area contributed by atoms with E-state index in [1.807, 2.05) is 43.3 Å². The van der Waals surface area contributed by atoms with Crippen LogP contribution in [0.1, 0.15) is 16.8 Å². The van der Waals surface area contributed by atoms with Crippen LogP contribution in [0.2, 0.25) is 0 Å². The standard InChI is InChI=1S/C14H16N2O/c1-16(2)9-7-14(17)13-5-3-4-11-10-15-8-6-12(11)13/h3-6,8,10H,7,9H2,1-2H3. The molecule has 17 heavy (non-hydrogen) atoms. The summed E-state index contributed by atoms with van der Waals surface area (Å²) < 4.78 is 0. The summed E-state index contributed by atoms with van der Waals surface area (Å²) in [6.45, 7) is 0.778. The summed E-state index contributed by atoms with van der Waals surface area (Å²) in [6.07, 6.45) is 4.07. The third kappa shape index (κ3) is 2.68. The number of fused-ring (bicyclic) bond motifs is 1. The maximum Gasteiger partial charge on any atom is 0.164 e. The minimum Gasteiger partial charge on any atom is -0.309 e. The molecule has 0 unspecified atom stereocenters. The van der Waals surface area contributed by atoms with Gasteiger partial charge in [0.25, 0.3) is 0 Å². The molecule has 0 aliphatic rings. The predicted molar refractivity (Wildman–Crippen MR) is 69.2 cm³/mol. The summed E-state index contributed by atoms with van der Waals surface area (Å²) in [7, 11) is 3.95. The molecule has 0 saturated carbocycles. The van der Waals surface area contributed by atoms with Gasteiger partial charge in [-0.25, -0.2) is 0 Å². The molecule has 3 nitrogen and oxygen atoms in total. The van der Waals surface area contributed by atoms with Gasteiger partial charge in [0.2, 0.25) is 0 Å². The van der Waals surface area contributed by atoms with Crippen molar-refractivity contribution in [2.75, 3.05) is 20.6 Å². The second-order valence-electron chi connectivity index (χ2n) is 4.38. The topological polar surface area (TPSA) is 33.2 Å². The number of aromatic nitrogens is 1. The van der Waals surface area contributed by atoms with Crippen molar-refractivity contribution in [3.8, 4) is 0 Å². The van der Waals surface area contributed by atoms with Crippen LogP contribution >= 0.6 is 0 Å². The second-order valence-corrected chi connectivity index (χ2v) is 4.38. The Hall–Kier alpha value is -1.74. The monoisotopic (exact) mass is 228 g/mol. The van der Waals surface area contributed by atoms with Crippen LogP contribution in [-0.4, -0.2) is 36.3 Å². The normalized spacial score (nSPS) is 11.0. The van der Waals surface area contributed by atoms with E-state index in [-0.39, 0.29) is 5.78 Å². The molecule has 0 radical (unpaired) electrons. The van der Waals surface area contributed by atoms with E-state index in [1.54, 1.807) is 12.4 Å². The quantitative estimate of drug-likeness (QED) is 0.753. The maximum atomic E-state index is 12.1. The van der Waals surface area contributed by atoms with Gasteiger partial charge >= 0.3 is 0 Å². The highest BCUT2D eigenvalue weighted by molar-refractivity contribution is 6.07. The maximum absolute atomic E-state index is 12.1. The Kier molecular flexibility index (Phi) is 3.49. The van der Waals surface area contributed by atoms with Gasteiger partial charge < -0.3 is 4.90 Å². The van der Waals surface area contributed by atoms with Gasteiger partial charge in [0.05, 0.1) is 0 Å². The number of carbonyl (C=O) groups excluding carboxylic acids is 1. The van der Waals surface area contributed by atoms with Gasteiger partial charge in [-0.2, -0.15) is 0 Å². The molecule has 0 N–H and O–H groups in total. The summed E-state index contributed by atoms with van der Waals surface area (Å²) in [4.78, 5) is 18.2. The third-order valence-corrected chi connectivity index (χ3v) is 2.77. The number of carbonyl (C=O) groups is 1. The van der Waals surface area contributed by atoms with E-state index in [0.717, 1.165) is 22.9 Å². The lowest BCUT2D eigenvalue weighted by atomic mass is 10.0. The molecule has 0 amide bonds. The van der Waals surface area contributed by atoms with Gasteiger partial charge in [-0.1, -0.05) is 18.2 Å². The highest BCUT2D eigenvalue weighted by Crippen LogP contribution is 2.18. The summed E-state index contributed by atoms with van der Waals surface area (Å²) in [5, 5.41) is 2.01. The van der Waals surface area contributed by atoms with Gasteiger partial charge in [0, 0.05) is 36.3 Å². The molecule has 1 aromatic heterocycles. The predicted octanol–water partition coefficient (Wildman–Crippen LogP) is 2.37. The van der Waals surface area contributed by atoms with Crippen molar-refractivity contribution in [1.29, 1.82) is 0 Å². The molecule has 0 fully saturated rings. The summed E-state index contributed by atoms with van der Waals surface area (Å²) in [5.74, 6) is 0.190. The Balaban J connectivity index is 2.32. The van der Waals surface area contributed by atoms with Crippen molar-refractivity contribution >= 4 is 16.6 Å². The van der Waals surface area contributed by atoms with E-state index < -0.39 is 0 Å². The summed E-state index contributed by atoms with van der Waals surface area (Å²) in [5.41, 5.74) is 0.798. The second kappa shape index (κ2) is 5.06. The number of hydrogen-bond donors (Lipinski definition) is 0. The van der Waals surface area contributed by atoms with E-state index in [9.17, 15) is 4.79 Å². The highest BCUT2D eigenvalue weighted by Gasteiger charge is 2.09. The van der Waals surface area contributed by atoms with Crippen LogP contribution in [0, 0.1) is 0 Å². The first kappa shape index (κ1) is 11.7. The third-order valence-electron chi connectivity index (χ3n) is 2.77. The lowest BCUT2D eigenvalue weighted by Gasteiger charge is -2.09. The Morgan fingerprint density at radius 3 is 2.88 bits per heavy atom. The summed E-state index contributed by atoms with van der Waals surface area (Å²) >= 11 is 0. The number of Topliss-reactive ketones (excluding diaryl/α,β-unsaturated/α-hetero) is 1. The SMILES string of the molecule is CN(C)CCC(=O)c1cccc2cnccc12. The summed E-state index contributed by atoms with van der Waals surface area (Å²) in [6, 6.07) is 7.68. The molecule has 0 spiro atoms. The molecule has 0 aliphatic heterocycles. The number of ketones is 1. The fourth-order valence-electron chi connectivity index (χ4n) is 1.83. The van der Waals surface area contributed by atoms with Crippen molar-refractivity contribution in [3.63, 3.8) is 0 Å². The zero-order valence-electron chi connectivity index (χ0n) is 10.2. The number of rotatable bonds is 4. The van der Waals surface area contributed by atoms with Gasteiger partial charge in [-0.3, -0.25) is 9.78 Å². The first-order valence-electron chi connectivity index (χ1n) is 5.69. The van der Waals surface area contributed by atoms with Crippen molar-refractivity contribution in [1.82, 2.24) is 9.88 Å². The van der Waals surface area contributed by atoms with Crippen LogP contribution < -0.4 is 0 Å². The molecule has 0 bridgehead atoms. The first-order chi connectivity index (χ1) is 8.18. The molecular formula is C14H16N2O. The number of nitrogens with zero attached hydrogens (tertiary/aromatic N) is 2. The Labute approximate surface area is 101 Å². The van der Waals surface area contributed by atoms with E-state index in [1.165, 1.54) is 0 Å². The minimum absolute atomic E-state index is 0.190. The van der Waals surface area contributed by atoms with E-state index >= 15 is 0 Å². The molecule has 1 aromatic carbocycles. The van der Waals surface area contributed by atoms with E-state index in [2.05, 4.69) is 4.98 Å². The van der Waals surface area contributed by atoms with Crippen molar-refractivity contribution in [2.24, 2.45) is 0 Å². The molecule has 88 valence electrons. The molecule has 2 aromatic rings. The van der Waals surface area contributed by atoms with Crippen LogP contribution in [0.15, 0.2) is 36.7 Å². The fourth-order valence-corrected chi connectivity index (χ4v) is 1.83. The highest BCUT2D eigenvalue weighted by atomic mass is 16.1. The smallest absolute Gasteiger partial charge is 0.164 e. The number of benzene rings is 1. The molecule has 2 rings (SSSR count). The van der Waals surface area contributed by atoms with Gasteiger partial charge in [0.15, 0.2) is 5.78 Å². The van der Waals surface area contributed by atoms with Crippen LogP contribution in [-0.2, 0) is 0 Å². The van der Waals surface area contributed by atoms with Crippen molar-refractivity contribution in [2.45, 2.75) is 6.42 Å². The average molecular weight is 228 g/mol. The molecular weight excluding hydrogens is 212 g/mol. The zero-order valence-corrected chi connectivity index (χ0v) is 10.2. The van der Waals surface area contributed by atoms with Gasteiger partial charge in [0.1, 0.15) is 0 Å². The Morgan fingerprint density at radius 1 is 1.29 bits per heavy atom. The zero-order chi connectivity index (χ0) is 12.3. The molecule has 0 atom stereocenters. The van der Waals surface area contributed by atoms with Crippen LogP contribution in [0.25, 0.3) is 10.8 Å². The van der Waals surface area contributed by atoms with Crippen molar-refractivity contribution < 1.29 is 4.79 Å². The van der Waals surface area contributed by atoms with Gasteiger partial charge in [-0.15, -0.1) is 0 Å². The molecule has 0 aliphatic carbocycles. The number of pyridine rings is 1. The van der Waals surface area contributed by atoms with Crippen LogP contribution in [0.4, 0.5) is 0 Å². The van der Waals surface area contributed by atoms with E-state index in [4.69, 9.17) is 0 Å². The Bertz CT molecular complexity index is 529. The minimum atomic E-state index is 0.190. The number of hydrogen-bond acceptors (Lipinski definition) is 3. The Morgan fingerprint density at radius 2 is 2.12 bits per heavy atom. The van der Waals surface area contributed by atoms with Crippen LogP contribution in [0.5, 0.6) is 0 Å².